The minimum Gasteiger partial charge on any atom is -0.314 e. The van der Waals surface area contributed by atoms with Gasteiger partial charge in [0, 0.05) is 19.0 Å². The maximum Gasteiger partial charge on any atom is 0.0766 e. The van der Waals surface area contributed by atoms with Crippen molar-refractivity contribution in [1.29, 1.82) is 0 Å². The van der Waals surface area contributed by atoms with Gasteiger partial charge >= 0.3 is 0 Å². The summed E-state index contributed by atoms with van der Waals surface area (Å²) in [6, 6.07) is 0.608. The molecule has 3 nitrogen and oxygen atoms in total. The Morgan fingerprint density at radius 1 is 1.44 bits per heavy atom. The predicted octanol–water partition coefficient (Wildman–Crippen LogP) is 3.16. The summed E-state index contributed by atoms with van der Waals surface area (Å²) < 4.78 is 3.39. The van der Waals surface area contributed by atoms with Crippen LogP contribution < -0.4 is 5.32 Å². The maximum absolute atomic E-state index is 4.67. The zero-order valence-corrected chi connectivity index (χ0v) is 13.3. The number of aryl methyl sites for hydroxylation is 2. The normalized spacial score (nSPS) is 24.4. The van der Waals surface area contributed by atoms with Gasteiger partial charge in [-0.25, -0.2) is 0 Å². The monoisotopic (exact) mass is 313 g/mol. The Balaban J connectivity index is 2.14. The Kier molecular flexibility index (Phi) is 4.84. The molecule has 0 aliphatic carbocycles. The van der Waals surface area contributed by atoms with Crippen LogP contribution in [-0.2, 0) is 19.4 Å². The van der Waals surface area contributed by atoms with Gasteiger partial charge in [-0.1, -0.05) is 13.8 Å². The molecule has 0 aromatic carbocycles. The number of nitrogens with zero attached hydrogens (tertiary/aromatic N) is 2. The third-order valence-corrected chi connectivity index (χ3v) is 4.81. The third-order valence-electron chi connectivity index (χ3n) is 3.89. The summed E-state index contributed by atoms with van der Waals surface area (Å²) >= 11 is 3.73. The molecule has 1 saturated heterocycles. The summed E-state index contributed by atoms with van der Waals surface area (Å²) in [6.45, 7) is 8.80. The molecule has 1 aromatic rings. The lowest BCUT2D eigenvalue weighted by Gasteiger charge is -2.28. The van der Waals surface area contributed by atoms with Crippen LogP contribution in [0.1, 0.15) is 45.0 Å². The highest BCUT2D eigenvalue weighted by molar-refractivity contribution is 9.10. The minimum atomic E-state index is 0.608. The fourth-order valence-electron chi connectivity index (χ4n) is 2.82. The van der Waals surface area contributed by atoms with Gasteiger partial charge in [-0.05, 0) is 54.6 Å². The molecule has 2 unspecified atom stereocenters. The van der Waals surface area contributed by atoms with Crippen molar-refractivity contribution in [2.75, 3.05) is 6.54 Å². The Morgan fingerprint density at radius 2 is 2.22 bits per heavy atom. The van der Waals surface area contributed by atoms with Gasteiger partial charge in [-0.2, -0.15) is 5.10 Å². The van der Waals surface area contributed by atoms with Gasteiger partial charge in [0.05, 0.1) is 15.9 Å². The molecule has 0 radical (unpaired) electrons. The summed E-state index contributed by atoms with van der Waals surface area (Å²) in [5, 5.41) is 8.32. The quantitative estimate of drug-likeness (QED) is 0.925. The SMILES string of the molecule is CCc1nn(CC)c(CC2CC(C)CCN2)c1Br. The average molecular weight is 314 g/mol. The fraction of sp³-hybridized carbons (Fsp3) is 0.786. The highest BCUT2D eigenvalue weighted by Gasteiger charge is 2.22. The van der Waals surface area contributed by atoms with Crippen molar-refractivity contribution in [1.82, 2.24) is 15.1 Å². The van der Waals surface area contributed by atoms with E-state index in [1.54, 1.807) is 0 Å². The van der Waals surface area contributed by atoms with Crippen LogP contribution in [0, 0.1) is 5.92 Å². The first-order chi connectivity index (χ1) is 8.65. The van der Waals surface area contributed by atoms with E-state index in [-0.39, 0.29) is 0 Å². The topological polar surface area (TPSA) is 29.9 Å². The fourth-order valence-corrected chi connectivity index (χ4v) is 3.55. The lowest BCUT2D eigenvalue weighted by atomic mass is 9.92. The van der Waals surface area contributed by atoms with Crippen molar-refractivity contribution < 1.29 is 0 Å². The van der Waals surface area contributed by atoms with Gasteiger partial charge < -0.3 is 5.32 Å². The molecule has 1 N–H and O–H groups in total. The van der Waals surface area contributed by atoms with Gasteiger partial charge in [-0.3, -0.25) is 4.68 Å². The van der Waals surface area contributed by atoms with Crippen molar-refractivity contribution in [3.8, 4) is 0 Å². The molecule has 18 heavy (non-hydrogen) atoms. The molecular weight excluding hydrogens is 290 g/mol. The average Bonchev–Trinajstić information content (AvgIpc) is 2.66. The van der Waals surface area contributed by atoms with Crippen molar-refractivity contribution in [2.45, 2.75) is 59.0 Å². The van der Waals surface area contributed by atoms with Crippen LogP contribution in [-0.4, -0.2) is 22.4 Å². The van der Waals surface area contributed by atoms with E-state index >= 15 is 0 Å². The summed E-state index contributed by atoms with van der Waals surface area (Å²) in [6.07, 6.45) is 4.68. The lowest BCUT2D eigenvalue weighted by molar-refractivity contribution is 0.314. The van der Waals surface area contributed by atoms with E-state index < -0.39 is 0 Å². The zero-order chi connectivity index (χ0) is 13.1. The molecule has 1 aromatic heterocycles. The molecule has 0 amide bonds. The summed E-state index contributed by atoms with van der Waals surface area (Å²) in [7, 11) is 0. The number of piperidine rings is 1. The van der Waals surface area contributed by atoms with Gasteiger partial charge in [0.25, 0.3) is 0 Å². The molecule has 0 saturated carbocycles. The molecule has 1 aliphatic heterocycles. The second-order valence-electron chi connectivity index (χ2n) is 5.36. The van der Waals surface area contributed by atoms with Crippen molar-refractivity contribution in [3.63, 3.8) is 0 Å². The van der Waals surface area contributed by atoms with Gasteiger partial charge in [-0.15, -0.1) is 0 Å². The van der Waals surface area contributed by atoms with Gasteiger partial charge in [0.2, 0.25) is 0 Å². The highest BCUT2D eigenvalue weighted by atomic mass is 79.9. The zero-order valence-electron chi connectivity index (χ0n) is 11.7. The molecule has 1 fully saturated rings. The van der Waals surface area contributed by atoms with Crippen LogP contribution in [0.5, 0.6) is 0 Å². The number of nitrogens with one attached hydrogen (secondary N) is 1. The van der Waals surface area contributed by atoms with Crippen molar-refractivity contribution >= 4 is 15.9 Å². The molecule has 2 atom stereocenters. The van der Waals surface area contributed by atoms with E-state index in [1.807, 2.05) is 0 Å². The predicted molar refractivity (Wildman–Crippen MR) is 78.9 cm³/mol. The van der Waals surface area contributed by atoms with E-state index in [1.165, 1.54) is 28.7 Å². The minimum absolute atomic E-state index is 0.608. The molecule has 4 heteroatoms. The number of hydrogen-bond donors (Lipinski definition) is 1. The summed E-state index contributed by atoms with van der Waals surface area (Å²) in [5.74, 6) is 0.846. The van der Waals surface area contributed by atoms with E-state index in [4.69, 9.17) is 0 Å². The van der Waals surface area contributed by atoms with Crippen LogP contribution in [0.2, 0.25) is 0 Å². The standard InChI is InChI=1S/C14H24BrN3/c1-4-12-14(15)13(18(5-2)17-12)9-11-8-10(3)6-7-16-11/h10-11,16H,4-9H2,1-3H3. The smallest absolute Gasteiger partial charge is 0.0766 e. The number of halogens is 1. The molecule has 2 heterocycles. The maximum atomic E-state index is 4.67. The first-order valence-electron chi connectivity index (χ1n) is 7.13. The molecule has 1 aliphatic rings. The van der Waals surface area contributed by atoms with Crippen molar-refractivity contribution in [2.24, 2.45) is 5.92 Å². The molecular formula is C14H24BrN3. The van der Waals surface area contributed by atoms with Crippen LogP contribution >= 0.6 is 15.9 Å². The Morgan fingerprint density at radius 3 is 2.83 bits per heavy atom. The lowest BCUT2D eigenvalue weighted by Crippen LogP contribution is -2.39. The van der Waals surface area contributed by atoms with Crippen LogP contribution in [0.15, 0.2) is 4.47 Å². The highest BCUT2D eigenvalue weighted by Crippen LogP contribution is 2.26. The third kappa shape index (κ3) is 2.97. The Labute approximate surface area is 118 Å². The second-order valence-corrected chi connectivity index (χ2v) is 6.15. The van der Waals surface area contributed by atoms with Crippen LogP contribution in [0.25, 0.3) is 0 Å². The van der Waals surface area contributed by atoms with Crippen LogP contribution in [0.4, 0.5) is 0 Å². The Hall–Kier alpha value is -0.350. The number of aromatic nitrogens is 2. The Bertz CT molecular complexity index is 400. The largest absolute Gasteiger partial charge is 0.314 e. The first-order valence-corrected chi connectivity index (χ1v) is 7.92. The summed E-state index contributed by atoms with van der Waals surface area (Å²) in [5.41, 5.74) is 2.55. The van der Waals surface area contributed by atoms with Gasteiger partial charge in [0.15, 0.2) is 0 Å². The number of rotatable bonds is 4. The van der Waals surface area contributed by atoms with E-state index in [9.17, 15) is 0 Å². The molecule has 102 valence electrons. The van der Waals surface area contributed by atoms with Crippen LogP contribution in [0.3, 0.4) is 0 Å². The molecule has 0 spiro atoms. The van der Waals surface area contributed by atoms with Gasteiger partial charge in [0.1, 0.15) is 0 Å². The van der Waals surface area contributed by atoms with E-state index in [2.05, 4.69) is 51.8 Å². The second kappa shape index (κ2) is 6.20. The molecule has 0 bridgehead atoms. The number of hydrogen-bond acceptors (Lipinski definition) is 2. The first kappa shape index (κ1) is 14.1. The van der Waals surface area contributed by atoms with Crippen molar-refractivity contribution in [3.05, 3.63) is 15.9 Å². The van der Waals surface area contributed by atoms with E-state index in [0.29, 0.717) is 6.04 Å². The molecule has 2 rings (SSSR count). The summed E-state index contributed by atoms with van der Waals surface area (Å²) in [4.78, 5) is 0. The van der Waals surface area contributed by atoms with E-state index in [0.717, 1.165) is 31.8 Å².